The van der Waals surface area contributed by atoms with Gasteiger partial charge in [-0.25, -0.2) is 4.79 Å². The zero-order valence-corrected chi connectivity index (χ0v) is 14.9. The van der Waals surface area contributed by atoms with Crippen LogP contribution in [-0.2, 0) is 28.6 Å². The third kappa shape index (κ3) is 3.09. The van der Waals surface area contributed by atoms with Crippen LogP contribution in [0.1, 0.15) is 33.1 Å². The highest BCUT2D eigenvalue weighted by Crippen LogP contribution is 2.51. The molecule has 1 saturated heterocycles. The lowest BCUT2D eigenvalue weighted by Gasteiger charge is -2.44. The van der Waals surface area contributed by atoms with E-state index in [1.165, 1.54) is 12.0 Å². The van der Waals surface area contributed by atoms with Gasteiger partial charge in [0.25, 0.3) is 0 Å². The third-order valence-corrected chi connectivity index (χ3v) is 5.26. The molecule has 0 aromatic heterocycles. The van der Waals surface area contributed by atoms with E-state index in [0.29, 0.717) is 19.4 Å². The predicted molar refractivity (Wildman–Crippen MR) is 85.5 cm³/mol. The fourth-order valence-corrected chi connectivity index (χ4v) is 4.22. The summed E-state index contributed by atoms with van der Waals surface area (Å²) in [5.41, 5.74) is -1.49. The van der Waals surface area contributed by atoms with Gasteiger partial charge in [-0.1, -0.05) is 0 Å². The van der Waals surface area contributed by atoms with Crippen LogP contribution >= 0.6 is 0 Å². The fraction of sp³-hybridized carbons (Fsp3) is 0.765. The summed E-state index contributed by atoms with van der Waals surface area (Å²) in [5, 5.41) is 0. The van der Waals surface area contributed by atoms with Gasteiger partial charge < -0.3 is 23.9 Å². The highest BCUT2D eigenvalue weighted by Gasteiger charge is 2.64. The van der Waals surface area contributed by atoms with Gasteiger partial charge >= 0.3 is 18.0 Å². The molecule has 0 unspecified atom stereocenters. The van der Waals surface area contributed by atoms with Crippen LogP contribution in [-0.4, -0.2) is 62.1 Å². The second-order valence-corrected chi connectivity index (χ2v) is 6.30. The third-order valence-electron chi connectivity index (χ3n) is 5.26. The number of amides is 1. The number of fused-ring (bicyclic) bond motifs is 1. The standard InChI is InChI=1S/C17H25NO7/c1-4-24-14(20)17(15(21)25-5-2)8-6-11(10-19)13-12(17)7-9-18(13)16(22)23-3/h10-13H,4-9H2,1-3H3/t11-,12-,13-/m1/s1. The van der Waals surface area contributed by atoms with Crippen LogP contribution in [0.15, 0.2) is 0 Å². The summed E-state index contributed by atoms with van der Waals surface area (Å²) in [6.07, 6.45) is 1.10. The Morgan fingerprint density at radius 1 is 1.12 bits per heavy atom. The van der Waals surface area contributed by atoms with Gasteiger partial charge in [0, 0.05) is 24.4 Å². The number of carbonyl (C=O) groups is 4. The molecule has 2 rings (SSSR count). The van der Waals surface area contributed by atoms with Crippen molar-refractivity contribution in [2.24, 2.45) is 17.3 Å². The smallest absolute Gasteiger partial charge is 0.409 e. The summed E-state index contributed by atoms with van der Waals surface area (Å²) in [6.45, 7) is 3.92. The van der Waals surface area contributed by atoms with Crippen molar-refractivity contribution in [3.63, 3.8) is 0 Å². The summed E-state index contributed by atoms with van der Waals surface area (Å²) in [5.74, 6) is -2.27. The Bertz CT molecular complexity index is 529. The molecular weight excluding hydrogens is 330 g/mol. The minimum atomic E-state index is -1.49. The van der Waals surface area contributed by atoms with Crippen LogP contribution < -0.4 is 0 Å². The molecule has 0 aromatic carbocycles. The average Bonchev–Trinajstić information content (AvgIpc) is 3.06. The lowest BCUT2D eigenvalue weighted by molar-refractivity contribution is -0.182. The maximum absolute atomic E-state index is 12.8. The molecule has 140 valence electrons. The second-order valence-electron chi connectivity index (χ2n) is 6.30. The van der Waals surface area contributed by atoms with Gasteiger partial charge in [0.15, 0.2) is 5.41 Å². The summed E-state index contributed by atoms with van der Waals surface area (Å²) >= 11 is 0. The van der Waals surface area contributed by atoms with Gasteiger partial charge in [-0.05, 0) is 33.1 Å². The molecule has 1 amide bonds. The highest BCUT2D eigenvalue weighted by atomic mass is 16.6. The van der Waals surface area contributed by atoms with Crippen molar-refractivity contribution in [1.29, 1.82) is 0 Å². The van der Waals surface area contributed by atoms with Crippen molar-refractivity contribution in [2.75, 3.05) is 26.9 Å². The molecule has 8 heteroatoms. The Hall–Kier alpha value is -2.12. The average molecular weight is 355 g/mol. The molecule has 0 aromatic rings. The number of nitrogens with zero attached hydrogens (tertiary/aromatic N) is 1. The second kappa shape index (κ2) is 7.84. The van der Waals surface area contributed by atoms with E-state index in [0.717, 1.165) is 6.29 Å². The Labute approximate surface area is 146 Å². The van der Waals surface area contributed by atoms with Crippen LogP contribution in [0.25, 0.3) is 0 Å². The van der Waals surface area contributed by atoms with Crippen molar-refractivity contribution in [1.82, 2.24) is 4.90 Å². The van der Waals surface area contributed by atoms with E-state index in [1.54, 1.807) is 13.8 Å². The van der Waals surface area contributed by atoms with Gasteiger partial charge in [-0.3, -0.25) is 9.59 Å². The molecule has 1 aliphatic heterocycles. The van der Waals surface area contributed by atoms with Crippen molar-refractivity contribution in [3.05, 3.63) is 0 Å². The number of esters is 2. The molecule has 1 heterocycles. The quantitative estimate of drug-likeness (QED) is 0.316. The molecule has 0 N–H and O–H groups in total. The summed E-state index contributed by atoms with van der Waals surface area (Å²) in [4.78, 5) is 50.6. The highest BCUT2D eigenvalue weighted by molar-refractivity contribution is 6.01. The Kier molecular flexibility index (Phi) is 6.02. The van der Waals surface area contributed by atoms with E-state index in [2.05, 4.69) is 0 Å². The molecule has 25 heavy (non-hydrogen) atoms. The molecule has 0 bridgehead atoms. The summed E-state index contributed by atoms with van der Waals surface area (Å²) in [7, 11) is 1.26. The minimum absolute atomic E-state index is 0.134. The number of ether oxygens (including phenoxy) is 3. The first-order valence-corrected chi connectivity index (χ1v) is 8.62. The van der Waals surface area contributed by atoms with Crippen LogP contribution in [0.3, 0.4) is 0 Å². The molecule has 0 radical (unpaired) electrons. The van der Waals surface area contributed by atoms with Crippen molar-refractivity contribution < 1.29 is 33.4 Å². The first-order valence-electron chi connectivity index (χ1n) is 8.62. The summed E-state index contributed by atoms with van der Waals surface area (Å²) < 4.78 is 15.2. The lowest BCUT2D eigenvalue weighted by atomic mass is 9.61. The topological polar surface area (TPSA) is 99.2 Å². The van der Waals surface area contributed by atoms with Crippen LogP contribution in [0, 0.1) is 17.3 Å². The number of rotatable bonds is 5. The van der Waals surface area contributed by atoms with E-state index >= 15 is 0 Å². The number of methoxy groups -OCH3 is 1. The van der Waals surface area contributed by atoms with Crippen molar-refractivity contribution in [2.45, 2.75) is 39.2 Å². The molecule has 1 aliphatic carbocycles. The molecule has 1 saturated carbocycles. The van der Waals surface area contributed by atoms with Crippen molar-refractivity contribution in [3.8, 4) is 0 Å². The van der Waals surface area contributed by atoms with E-state index in [4.69, 9.17) is 14.2 Å². The maximum Gasteiger partial charge on any atom is 0.409 e. The predicted octanol–water partition coefficient (Wildman–Crippen LogP) is 1.16. The SMILES string of the molecule is CCOC(=O)C1(C(=O)OCC)CC[C@H](C=O)[C@@H]2[C@H]1CCN2C(=O)OC. The first-order chi connectivity index (χ1) is 12.0. The zero-order valence-electron chi connectivity index (χ0n) is 14.9. The molecule has 2 fully saturated rings. The fourth-order valence-electron chi connectivity index (χ4n) is 4.22. The molecule has 3 atom stereocenters. The van der Waals surface area contributed by atoms with Crippen LogP contribution in [0.5, 0.6) is 0 Å². The van der Waals surface area contributed by atoms with E-state index in [9.17, 15) is 19.2 Å². The van der Waals surface area contributed by atoms with Gasteiger partial charge in [0.1, 0.15) is 6.29 Å². The zero-order chi connectivity index (χ0) is 18.6. The Balaban J connectivity index is 2.47. The Morgan fingerprint density at radius 2 is 1.72 bits per heavy atom. The molecule has 8 nitrogen and oxygen atoms in total. The number of hydrogen-bond donors (Lipinski definition) is 0. The lowest BCUT2D eigenvalue weighted by Crippen LogP contribution is -2.58. The molecule has 2 aliphatic rings. The van der Waals surface area contributed by atoms with Crippen molar-refractivity contribution >= 4 is 24.3 Å². The monoisotopic (exact) mass is 355 g/mol. The van der Waals surface area contributed by atoms with E-state index < -0.39 is 41.3 Å². The normalized spacial score (nSPS) is 27.2. The Morgan fingerprint density at radius 3 is 2.20 bits per heavy atom. The van der Waals surface area contributed by atoms with E-state index in [-0.39, 0.29) is 19.6 Å². The minimum Gasteiger partial charge on any atom is -0.465 e. The van der Waals surface area contributed by atoms with Crippen LogP contribution in [0.2, 0.25) is 0 Å². The number of hydrogen-bond acceptors (Lipinski definition) is 7. The largest absolute Gasteiger partial charge is 0.465 e. The van der Waals surface area contributed by atoms with Gasteiger partial charge in [-0.15, -0.1) is 0 Å². The van der Waals surface area contributed by atoms with E-state index in [1.807, 2.05) is 0 Å². The number of aldehydes is 1. The van der Waals surface area contributed by atoms with Gasteiger partial charge in [0.2, 0.25) is 0 Å². The number of likely N-dealkylation sites (tertiary alicyclic amines) is 1. The van der Waals surface area contributed by atoms with Gasteiger partial charge in [0.05, 0.1) is 20.3 Å². The molecular formula is C17H25NO7. The summed E-state index contributed by atoms with van der Waals surface area (Å²) in [6, 6.07) is -0.576. The van der Waals surface area contributed by atoms with Crippen LogP contribution in [0.4, 0.5) is 4.79 Å². The first kappa shape index (κ1) is 19.2. The maximum atomic E-state index is 12.8. The van der Waals surface area contributed by atoms with Gasteiger partial charge in [-0.2, -0.15) is 0 Å². The number of carbonyl (C=O) groups excluding carboxylic acids is 4. The molecule has 0 spiro atoms.